The molecule has 152 valence electrons. The van der Waals surface area contributed by atoms with Gasteiger partial charge in [-0.2, -0.15) is 0 Å². The number of aryl methyl sites for hydroxylation is 1. The van der Waals surface area contributed by atoms with E-state index < -0.39 is 0 Å². The van der Waals surface area contributed by atoms with E-state index in [0.29, 0.717) is 24.5 Å². The lowest BCUT2D eigenvalue weighted by Gasteiger charge is -2.44. The number of rotatable bonds is 2. The highest BCUT2D eigenvalue weighted by atomic mass is 35.5. The number of hydrogen-bond acceptors (Lipinski definition) is 3. The van der Waals surface area contributed by atoms with E-state index >= 15 is 0 Å². The number of amides is 3. The van der Waals surface area contributed by atoms with Crippen LogP contribution in [-0.4, -0.2) is 42.0 Å². The maximum Gasteiger partial charge on any atom is 0.323 e. The summed E-state index contributed by atoms with van der Waals surface area (Å²) in [4.78, 5) is 30.5. The molecule has 2 N–H and O–H groups in total. The number of pyridine rings is 1. The summed E-state index contributed by atoms with van der Waals surface area (Å²) in [5.41, 5.74) is 3.35. The van der Waals surface area contributed by atoms with Gasteiger partial charge in [-0.15, -0.1) is 0 Å². The first-order valence-electron chi connectivity index (χ1n) is 10.00. The number of piperidine rings is 1. The smallest absolute Gasteiger partial charge is 0.323 e. The van der Waals surface area contributed by atoms with Gasteiger partial charge in [0.1, 0.15) is 5.82 Å². The van der Waals surface area contributed by atoms with Crippen molar-refractivity contribution in [2.75, 3.05) is 25.5 Å². The number of hydrogen-bond donors (Lipinski definition) is 2. The van der Waals surface area contributed by atoms with Crippen LogP contribution in [0.2, 0.25) is 5.02 Å². The van der Waals surface area contributed by atoms with Crippen LogP contribution in [0.15, 0.2) is 36.5 Å². The van der Waals surface area contributed by atoms with Crippen LogP contribution in [-0.2, 0) is 12.8 Å². The van der Waals surface area contributed by atoms with Gasteiger partial charge in [-0.3, -0.25) is 10.1 Å². The maximum atomic E-state index is 12.7. The molecule has 1 aliphatic carbocycles. The zero-order chi connectivity index (χ0) is 20.4. The average molecular weight is 413 g/mol. The molecule has 2 heterocycles. The molecule has 0 radical (unpaired) electrons. The van der Waals surface area contributed by atoms with Crippen molar-refractivity contribution in [3.05, 3.63) is 58.2 Å². The van der Waals surface area contributed by atoms with Crippen molar-refractivity contribution in [1.82, 2.24) is 15.2 Å². The lowest BCUT2D eigenvalue weighted by molar-refractivity contribution is 0.0962. The third-order valence-corrected chi connectivity index (χ3v) is 6.64. The number of nitrogens with one attached hydrogen (secondary N) is 2. The Morgan fingerprint density at radius 2 is 1.97 bits per heavy atom. The van der Waals surface area contributed by atoms with E-state index in [1.807, 2.05) is 17.0 Å². The van der Waals surface area contributed by atoms with Gasteiger partial charge in [-0.25, -0.2) is 9.78 Å². The number of anilines is 1. The van der Waals surface area contributed by atoms with Crippen LogP contribution in [0, 0.1) is 5.41 Å². The Bertz CT molecular complexity index is 938. The molecule has 1 aliphatic heterocycles. The highest BCUT2D eigenvalue weighted by Gasteiger charge is 2.39. The van der Waals surface area contributed by atoms with Gasteiger partial charge >= 0.3 is 6.03 Å². The minimum Gasteiger partial charge on any atom is -0.355 e. The third kappa shape index (κ3) is 4.08. The van der Waals surface area contributed by atoms with Crippen LogP contribution in [0.25, 0.3) is 0 Å². The molecule has 2 aromatic rings. The van der Waals surface area contributed by atoms with Crippen LogP contribution in [0.3, 0.4) is 0 Å². The SMILES string of the molecule is CNC(=O)c1ccnc(NC(=O)N2CCC3(CCc4cccc(Cl)c4C3)CC2)c1. The maximum absolute atomic E-state index is 12.7. The molecular formula is C22H25ClN4O2. The number of benzene rings is 1. The first-order chi connectivity index (χ1) is 14.0. The summed E-state index contributed by atoms with van der Waals surface area (Å²) >= 11 is 6.45. The van der Waals surface area contributed by atoms with Crippen LogP contribution in [0.5, 0.6) is 0 Å². The van der Waals surface area contributed by atoms with Crippen molar-refractivity contribution in [3.8, 4) is 0 Å². The summed E-state index contributed by atoms with van der Waals surface area (Å²) in [7, 11) is 1.57. The van der Waals surface area contributed by atoms with E-state index in [-0.39, 0.29) is 17.4 Å². The van der Waals surface area contributed by atoms with Gasteiger partial charge in [-0.1, -0.05) is 23.7 Å². The van der Waals surface area contributed by atoms with Gasteiger partial charge in [0, 0.05) is 36.9 Å². The lowest BCUT2D eigenvalue weighted by Crippen LogP contribution is -2.46. The molecule has 7 heteroatoms. The Morgan fingerprint density at radius 3 is 2.72 bits per heavy atom. The van der Waals surface area contributed by atoms with Crippen LogP contribution in [0.4, 0.5) is 10.6 Å². The van der Waals surface area contributed by atoms with Gasteiger partial charge < -0.3 is 10.2 Å². The second-order valence-electron chi connectivity index (χ2n) is 7.98. The summed E-state index contributed by atoms with van der Waals surface area (Å²) in [6.45, 7) is 1.42. The monoisotopic (exact) mass is 412 g/mol. The van der Waals surface area contributed by atoms with Gasteiger partial charge in [0.05, 0.1) is 0 Å². The predicted molar refractivity (Wildman–Crippen MR) is 113 cm³/mol. The number of carbonyl (C=O) groups excluding carboxylic acids is 2. The number of carbonyl (C=O) groups is 2. The minimum absolute atomic E-state index is 0.171. The second kappa shape index (κ2) is 8.03. The fraction of sp³-hybridized carbons (Fsp3) is 0.409. The molecule has 0 unspecified atom stereocenters. The zero-order valence-electron chi connectivity index (χ0n) is 16.5. The molecule has 4 rings (SSSR count). The van der Waals surface area contributed by atoms with Crippen molar-refractivity contribution < 1.29 is 9.59 Å². The summed E-state index contributed by atoms with van der Waals surface area (Å²) in [5, 5.41) is 6.26. The van der Waals surface area contributed by atoms with E-state index in [4.69, 9.17) is 11.6 Å². The summed E-state index contributed by atoms with van der Waals surface area (Å²) in [6, 6.07) is 9.21. The van der Waals surface area contributed by atoms with Crippen molar-refractivity contribution in [1.29, 1.82) is 0 Å². The summed E-state index contributed by atoms with van der Waals surface area (Å²) in [6.07, 6.45) is 6.65. The van der Waals surface area contributed by atoms with Crippen LogP contribution < -0.4 is 10.6 Å². The number of aromatic nitrogens is 1. The van der Waals surface area contributed by atoms with Crippen molar-refractivity contribution >= 4 is 29.4 Å². The average Bonchev–Trinajstić information content (AvgIpc) is 2.74. The Hall–Kier alpha value is -2.60. The Balaban J connectivity index is 1.38. The number of likely N-dealkylation sites (tertiary alicyclic amines) is 1. The molecule has 29 heavy (non-hydrogen) atoms. The molecule has 1 spiro atoms. The number of urea groups is 1. The lowest BCUT2D eigenvalue weighted by atomic mass is 9.66. The molecule has 3 amide bonds. The number of halogens is 1. The van der Waals surface area contributed by atoms with E-state index in [9.17, 15) is 9.59 Å². The fourth-order valence-corrected chi connectivity index (χ4v) is 4.74. The molecule has 6 nitrogen and oxygen atoms in total. The minimum atomic E-state index is -0.209. The zero-order valence-corrected chi connectivity index (χ0v) is 17.3. The van der Waals surface area contributed by atoms with Gasteiger partial charge in [0.2, 0.25) is 0 Å². The van der Waals surface area contributed by atoms with E-state index in [0.717, 1.165) is 37.1 Å². The second-order valence-corrected chi connectivity index (χ2v) is 8.39. The molecule has 1 aromatic carbocycles. The number of fused-ring (bicyclic) bond motifs is 1. The quantitative estimate of drug-likeness (QED) is 0.785. The van der Waals surface area contributed by atoms with Crippen molar-refractivity contribution in [3.63, 3.8) is 0 Å². The third-order valence-electron chi connectivity index (χ3n) is 6.29. The van der Waals surface area contributed by atoms with Gasteiger partial charge in [0.25, 0.3) is 5.91 Å². The molecule has 0 bridgehead atoms. The normalized spacial score (nSPS) is 17.5. The number of nitrogens with zero attached hydrogens (tertiary/aromatic N) is 2. The molecule has 1 saturated heterocycles. The molecule has 1 aromatic heterocycles. The predicted octanol–water partition coefficient (Wildman–Crippen LogP) is 3.90. The fourth-order valence-electron chi connectivity index (χ4n) is 4.48. The highest BCUT2D eigenvalue weighted by Crippen LogP contribution is 2.45. The Kier molecular flexibility index (Phi) is 5.46. The standard InChI is InChI=1S/C22H25ClN4O2/c1-24-20(28)16-6-10-25-19(13-16)26-21(29)27-11-8-22(9-12-27)7-5-15-3-2-4-18(23)17(15)14-22/h2-4,6,10,13H,5,7-9,11-12,14H2,1H3,(H,24,28)(H,25,26,29). The van der Waals surface area contributed by atoms with E-state index in [1.54, 1.807) is 19.2 Å². The Morgan fingerprint density at radius 1 is 1.17 bits per heavy atom. The molecule has 0 atom stereocenters. The molecule has 1 fully saturated rings. The largest absolute Gasteiger partial charge is 0.355 e. The highest BCUT2D eigenvalue weighted by molar-refractivity contribution is 6.31. The van der Waals surface area contributed by atoms with E-state index in [2.05, 4.69) is 21.7 Å². The van der Waals surface area contributed by atoms with Crippen LogP contribution in [0.1, 0.15) is 40.7 Å². The molecular weight excluding hydrogens is 388 g/mol. The van der Waals surface area contributed by atoms with Crippen molar-refractivity contribution in [2.45, 2.75) is 32.1 Å². The molecule has 0 saturated carbocycles. The summed E-state index contributed by atoms with van der Waals surface area (Å²) < 4.78 is 0. The van der Waals surface area contributed by atoms with E-state index in [1.165, 1.54) is 17.3 Å². The summed E-state index contributed by atoms with van der Waals surface area (Å²) in [5.74, 6) is 0.175. The van der Waals surface area contributed by atoms with Gasteiger partial charge in [-0.05, 0) is 66.8 Å². The Labute approximate surface area is 175 Å². The van der Waals surface area contributed by atoms with Crippen LogP contribution >= 0.6 is 11.6 Å². The van der Waals surface area contributed by atoms with Gasteiger partial charge in [0.15, 0.2) is 0 Å². The van der Waals surface area contributed by atoms with Crippen molar-refractivity contribution in [2.24, 2.45) is 5.41 Å². The first kappa shape index (κ1) is 19.7. The molecule has 2 aliphatic rings. The topological polar surface area (TPSA) is 74.3 Å². The first-order valence-corrected chi connectivity index (χ1v) is 10.4.